The van der Waals surface area contributed by atoms with Crippen molar-refractivity contribution in [2.45, 2.75) is 13.5 Å². The fraction of sp³-hybridized carbons (Fsp3) is 0.105. The largest absolute Gasteiger partial charge is 0.420 e. The molecule has 0 aliphatic rings. The van der Waals surface area contributed by atoms with Crippen LogP contribution in [0.2, 0.25) is 5.02 Å². The number of esters is 1. The molecule has 25 heavy (non-hydrogen) atoms. The van der Waals surface area contributed by atoms with Crippen LogP contribution >= 0.6 is 11.6 Å². The van der Waals surface area contributed by atoms with Gasteiger partial charge < -0.3 is 4.74 Å². The van der Waals surface area contributed by atoms with E-state index in [1.54, 1.807) is 12.1 Å². The molecule has 6 heteroatoms. The minimum Gasteiger partial charge on any atom is -0.420 e. The van der Waals surface area contributed by atoms with Crippen LogP contribution in [0, 0.1) is 6.92 Å². The zero-order chi connectivity index (χ0) is 17.8. The van der Waals surface area contributed by atoms with Crippen molar-refractivity contribution in [2.24, 2.45) is 0 Å². The molecule has 0 bridgehead atoms. The first kappa shape index (κ1) is 16.9. The van der Waals surface area contributed by atoms with E-state index in [-0.39, 0.29) is 23.5 Å². The molecule has 0 aliphatic carbocycles. The summed E-state index contributed by atoms with van der Waals surface area (Å²) in [5, 5.41) is 4.43. The van der Waals surface area contributed by atoms with Gasteiger partial charge in [0.1, 0.15) is 5.75 Å². The quantitative estimate of drug-likeness (QED) is 0.531. The number of nitrogens with zero attached hydrogens (tertiary/aromatic N) is 2. The highest BCUT2D eigenvalue weighted by Gasteiger charge is 2.14. The van der Waals surface area contributed by atoms with E-state index in [9.17, 15) is 9.59 Å². The SMILES string of the molecule is Cc1ccc(Cl)c(OC(=O)c2ccc(=O)n(Cc3ccccc3)n2)c1. The summed E-state index contributed by atoms with van der Waals surface area (Å²) in [7, 11) is 0. The van der Waals surface area contributed by atoms with E-state index in [1.807, 2.05) is 43.3 Å². The molecular weight excluding hydrogens is 340 g/mol. The Kier molecular flexibility index (Phi) is 4.95. The Labute approximate surface area is 149 Å². The van der Waals surface area contributed by atoms with Gasteiger partial charge >= 0.3 is 5.97 Å². The molecule has 0 saturated carbocycles. The smallest absolute Gasteiger partial charge is 0.364 e. The first-order valence-corrected chi connectivity index (χ1v) is 8.01. The lowest BCUT2D eigenvalue weighted by molar-refractivity contribution is 0.0725. The second kappa shape index (κ2) is 7.32. The van der Waals surface area contributed by atoms with E-state index >= 15 is 0 Å². The van der Waals surface area contributed by atoms with Crippen molar-refractivity contribution in [2.75, 3.05) is 0 Å². The van der Waals surface area contributed by atoms with Crippen LogP contribution in [0.25, 0.3) is 0 Å². The van der Waals surface area contributed by atoms with Crippen LogP contribution in [-0.2, 0) is 6.54 Å². The van der Waals surface area contributed by atoms with Gasteiger partial charge in [-0.1, -0.05) is 48.0 Å². The van der Waals surface area contributed by atoms with E-state index in [0.29, 0.717) is 5.02 Å². The molecule has 1 aromatic heterocycles. The molecule has 0 amide bonds. The van der Waals surface area contributed by atoms with E-state index in [4.69, 9.17) is 16.3 Å². The fourth-order valence-electron chi connectivity index (χ4n) is 2.27. The third kappa shape index (κ3) is 4.14. The lowest BCUT2D eigenvalue weighted by Crippen LogP contribution is -2.26. The lowest BCUT2D eigenvalue weighted by Gasteiger charge is -2.09. The molecule has 3 rings (SSSR count). The molecule has 0 atom stereocenters. The number of hydrogen-bond acceptors (Lipinski definition) is 4. The van der Waals surface area contributed by atoms with E-state index in [2.05, 4.69) is 5.10 Å². The van der Waals surface area contributed by atoms with Crippen LogP contribution in [0.3, 0.4) is 0 Å². The van der Waals surface area contributed by atoms with Gasteiger partial charge in [0, 0.05) is 6.07 Å². The molecule has 3 aromatic rings. The van der Waals surface area contributed by atoms with Gasteiger partial charge in [0.2, 0.25) is 0 Å². The molecule has 0 fully saturated rings. The van der Waals surface area contributed by atoms with Crippen molar-refractivity contribution >= 4 is 17.6 Å². The maximum atomic E-state index is 12.3. The predicted molar refractivity (Wildman–Crippen MR) is 95.2 cm³/mol. The Morgan fingerprint density at radius 2 is 1.88 bits per heavy atom. The van der Waals surface area contributed by atoms with E-state index < -0.39 is 5.97 Å². The first-order chi connectivity index (χ1) is 12.0. The molecule has 0 radical (unpaired) electrons. The summed E-state index contributed by atoms with van der Waals surface area (Å²) in [6.07, 6.45) is 0. The summed E-state index contributed by atoms with van der Waals surface area (Å²) in [5.41, 5.74) is 1.56. The average Bonchev–Trinajstić information content (AvgIpc) is 2.61. The van der Waals surface area contributed by atoms with Gasteiger partial charge in [-0.05, 0) is 36.2 Å². The molecule has 0 aliphatic heterocycles. The van der Waals surface area contributed by atoms with Gasteiger partial charge in [-0.15, -0.1) is 0 Å². The molecule has 0 spiro atoms. The Balaban J connectivity index is 1.85. The highest BCUT2D eigenvalue weighted by molar-refractivity contribution is 6.32. The molecule has 2 aromatic carbocycles. The van der Waals surface area contributed by atoms with Crippen LogP contribution in [0.4, 0.5) is 0 Å². The molecule has 5 nitrogen and oxygen atoms in total. The van der Waals surface area contributed by atoms with E-state index in [0.717, 1.165) is 11.1 Å². The van der Waals surface area contributed by atoms with Crippen molar-refractivity contribution in [1.82, 2.24) is 9.78 Å². The van der Waals surface area contributed by atoms with Crippen LogP contribution < -0.4 is 10.3 Å². The number of hydrogen-bond donors (Lipinski definition) is 0. The summed E-state index contributed by atoms with van der Waals surface area (Å²) < 4.78 is 6.53. The van der Waals surface area contributed by atoms with Crippen molar-refractivity contribution in [3.05, 3.63) is 92.9 Å². The maximum Gasteiger partial charge on any atom is 0.364 e. The molecule has 126 valence electrons. The zero-order valence-corrected chi connectivity index (χ0v) is 14.2. The number of ether oxygens (including phenoxy) is 1. The Bertz CT molecular complexity index is 968. The summed E-state index contributed by atoms with van der Waals surface area (Å²) in [5.74, 6) is -0.413. The van der Waals surface area contributed by atoms with Gasteiger partial charge in [0.25, 0.3) is 5.56 Å². The number of carbonyl (C=O) groups is 1. The monoisotopic (exact) mass is 354 g/mol. The molecule has 0 unspecified atom stereocenters. The average molecular weight is 355 g/mol. The normalized spacial score (nSPS) is 10.5. The van der Waals surface area contributed by atoms with Gasteiger partial charge in [0.15, 0.2) is 5.69 Å². The number of rotatable bonds is 4. The number of halogens is 1. The van der Waals surface area contributed by atoms with Crippen molar-refractivity contribution < 1.29 is 9.53 Å². The Morgan fingerprint density at radius 1 is 1.12 bits per heavy atom. The second-order valence-electron chi connectivity index (χ2n) is 5.52. The van der Waals surface area contributed by atoms with Crippen LogP contribution in [0.5, 0.6) is 5.75 Å². The molecule has 0 saturated heterocycles. The summed E-state index contributed by atoms with van der Waals surface area (Å²) >= 11 is 6.04. The highest BCUT2D eigenvalue weighted by atomic mass is 35.5. The minimum atomic E-state index is -0.672. The van der Waals surface area contributed by atoms with Gasteiger partial charge in [-0.2, -0.15) is 5.10 Å². The van der Waals surface area contributed by atoms with Crippen molar-refractivity contribution in [1.29, 1.82) is 0 Å². The topological polar surface area (TPSA) is 61.2 Å². The number of aryl methyl sites for hydroxylation is 1. The standard InChI is InChI=1S/C19H15ClN2O3/c1-13-7-8-15(20)17(11-13)25-19(24)16-9-10-18(23)22(21-16)12-14-5-3-2-4-6-14/h2-11H,12H2,1H3. The van der Waals surface area contributed by atoms with Crippen molar-refractivity contribution in [3.8, 4) is 5.75 Å². The van der Waals surface area contributed by atoms with Gasteiger partial charge in [-0.25, -0.2) is 9.48 Å². The molecular formula is C19H15ClN2O3. The van der Waals surface area contributed by atoms with Crippen LogP contribution in [-0.4, -0.2) is 15.7 Å². The lowest BCUT2D eigenvalue weighted by atomic mass is 10.2. The maximum absolute atomic E-state index is 12.3. The highest BCUT2D eigenvalue weighted by Crippen LogP contribution is 2.25. The first-order valence-electron chi connectivity index (χ1n) is 7.63. The summed E-state index contributed by atoms with van der Waals surface area (Å²) in [6.45, 7) is 2.14. The number of carbonyl (C=O) groups excluding carboxylic acids is 1. The van der Waals surface area contributed by atoms with Crippen LogP contribution in [0.15, 0.2) is 65.5 Å². The van der Waals surface area contributed by atoms with Crippen LogP contribution in [0.1, 0.15) is 21.6 Å². The predicted octanol–water partition coefficient (Wildman–Crippen LogP) is 3.47. The Hall–Kier alpha value is -2.92. The van der Waals surface area contributed by atoms with E-state index in [1.165, 1.54) is 16.8 Å². The number of benzene rings is 2. The number of aromatic nitrogens is 2. The fourth-order valence-corrected chi connectivity index (χ4v) is 2.42. The molecule has 1 heterocycles. The van der Waals surface area contributed by atoms with Gasteiger partial charge in [-0.3, -0.25) is 4.79 Å². The summed E-state index contributed by atoms with van der Waals surface area (Å²) in [6, 6.07) is 17.2. The second-order valence-corrected chi connectivity index (χ2v) is 5.93. The Morgan fingerprint density at radius 3 is 2.64 bits per heavy atom. The van der Waals surface area contributed by atoms with Crippen molar-refractivity contribution in [3.63, 3.8) is 0 Å². The van der Waals surface area contributed by atoms with Gasteiger partial charge in [0.05, 0.1) is 11.6 Å². The molecule has 0 N–H and O–H groups in total. The third-order valence-electron chi connectivity index (χ3n) is 3.54. The summed E-state index contributed by atoms with van der Waals surface area (Å²) in [4.78, 5) is 24.3. The minimum absolute atomic E-state index is 0.0353. The zero-order valence-electron chi connectivity index (χ0n) is 13.5. The third-order valence-corrected chi connectivity index (χ3v) is 3.85.